The third-order valence-corrected chi connectivity index (χ3v) is 17.1. The van der Waals surface area contributed by atoms with Crippen LogP contribution in [-0.2, 0) is 99.2 Å². The Hall–Kier alpha value is -12.4. The van der Waals surface area contributed by atoms with Gasteiger partial charge in [-0.1, -0.05) is 60.7 Å². The minimum atomic E-state index is -1.84. The van der Waals surface area contributed by atoms with Crippen LogP contribution in [0.15, 0.2) is 121 Å². The van der Waals surface area contributed by atoms with Gasteiger partial charge in [0, 0.05) is 58.3 Å². The number of nitrogens with two attached hydrogens (primary N) is 3. The number of benzene rings is 5. The molecule has 0 unspecified atom stereocenters. The Bertz CT molecular complexity index is 3930. The van der Waals surface area contributed by atoms with Gasteiger partial charge in [-0.05, 0) is 159 Å². The molecule has 11 amide bonds. The highest BCUT2D eigenvalue weighted by atomic mass is 16.4. The van der Waals surface area contributed by atoms with Crippen molar-refractivity contribution in [3.63, 3.8) is 0 Å². The molecule has 35 nitrogen and oxygen atoms in total. The summed E-state index contributed by atoms with van der Waals surface area (Å²) in [7, 11) is 0. The number of carboxylic acids is 3. The summed E-state index contributed by atoms with van der Waals surface area (Å²) >= 11 is 0. The fraction of sp³-hybridized carbons (Fsp3) is 0.405. The molecule has 109 heavy (non-hydrogen) atoms. The zero-order valence-electron chi connectivity index (χ0n) is 59.8. The van der Waals surface area contributed by atoms with Gasteiger partial charge in [0.2, 0.25) is 65.0 Å². The van der Waals surface area contributed by atoms with E-state index in [1.807, 2.05) is 0 Å². The maximum Gasteiger partial charge on any atom is 0.303 e. The second kappa shape index (κ2) is 44.5. The molecule has 0 aromatic heterocycles. The van der Waals surface area contributed by atoms with Crippen LogP contribution in [0.2, 0.25) is 0 Å². The van der Waals surface area contributed by atoms with Gasteiger partial charge in [0.15, 0.2) is 0 Å². The molecule has 24 N–H and O–H groups in total. The summed E-state index contributed by atoms with van der Waals surface area (Å²) in [6.45, 7) is 1.33. The minimum Gasteiger partial charge on any atom is -0.508 e. The number of unbranched alkanes of at least 4 members (excludes halogenated alkanes) is 2. The lowest BCUT2D eigenvalue weighted by atomic mass is 10.0. The van der Waals surface area contributed by atoms with Crippen LogP contribution in [0.5, 0.6) is 28.7 Å². The van der Waals surface area contributed by atoms with Gasteiger partial charge in [-0.3, -0.25) is 67.1 Å². The number of hydrogen-bond donors (Lipinski definition) is 21. The summed E-state index contributed by atoms with van der Waals surface area (Å²) in [6, 6.07) is 10.7. The van der Waals surface area contributed by atoms with Crippen LogP contribution >= 0.6 is 0 Å². The number of carbonyl (C=O) groups excluding carboxylic acids is 11. The monoisotopic (exact) mass is 1520 g/mol. The van der Waals surface area contributed by atoms with Crippen LogP contribution in [0.25, 0.3) is 0 Å². The predicted octanol–water partition coefficient (Wildman–Crippen LogP) is -1.07. The number of carbonyl (C=O) groups is 14. The number of carboxylic acid groups (broad SMARTS) is 3. The molecule has 5 aromatic rings. The molecule has 0 spiro atoms. The number of aliphatic carboxylic acids is 3. The van der Waals surface area contributed by atoms with Crippen molar-refractivity contribution in [3.05, 3.63) is 149 Å². The lowest BCUT2D eigenvalue weighted by Crippen LogP contribution is -2.61. The number of nitrogens with one attached hydrogen (secondary N) is 10. The normalized spacial score (nSPS) is 13.7. The second-order valence-electron chi connectivity index (χ2n) is 25.9. The largest absolute Gasteiger partial charge is 0.508 e. The zero-order valence-corrected chi connectivity index (χ0v) is 59.8. The van der Waals surface area contributed by atoms with Crippen molar-refractivity contribution in [2.75, 3.05) is 13.1 Å². The molecule has 0 saturated carbocycles. The number of phenolic OH excluding ortho intramolecular Hbond substituents is 5. The van der Waals surface area contributed by atoms with Crippen molar-refractivity contribution in [2.24, 2.45) is 17.2 Å². The molecular weight excluding hydrogens is 1420 g/mol. The molecule has 0 radical (unpaired) electrons. The molecule has 588 valence electrons. The van der Waals surface area contributed by atoms with Gasteiger partial charge < -0.3 is 111 Å². The summed E-state index contributed by atoms with van der Waals surface area (Å²) in [5.41, 5.74) is 19.1. The van der Waals surface area contributed by atoms with Crippen molar-refractivity contribution >= 4 is 82.9 Å². The highest BCUT2D eigenvalue weighted by molar-refractivity contribution is 5.99. The lowest BCUT2D eigenvalue weighted by molar-refractivity contribution is -0.139. The van der Waals surface area contributed by atoms with Crippen molar-refractivity contribution < 1.29 is 108 Å². The van der Waals surface area contributed by atoms with E-state index in [1.165, 1.54) is 121 Å². The number of hydrogen-bond acceptors (Lipinski definition) is 21. The van der Waals surface area contributed by atoms with Gasteiger partial charge >= 0.3 is 17.9 Å². The molecule has 0 saturated heterocycles. The molecule has 0 heterocycles. The molecule has 5 aromatic carbocycles. The first kappa shape index (κ1) is 87.2. The molecule has 0 fully saturated rings. The van der Waals surface area contributed by atoms with E-state index in [0.29, 0.717) is 23.1 Å². The molecule has 0 aliphatic rings. The van der Waals surface area contributed by atoms with Crippen LogP contribution in [-0.4, -0.2) is 197 Å². The van der Waals surface area contributed by atoms with E-state index in [2.05, 4.69) is 53.2 Å². The highest BCUT2D eigenvalue weighted by Crippen LogP contribution is 2.20. The summed E-state index contributed by atoms with van der Waals surface area (Å²) in [5.74, 6) is -16.4. The molecule has 0 bridgehead atoms. The van der Waals surface area contributed by atoms with Crippen molar-refractivity contribution in [3.8, 4) is 28.7 Å². The Morgan fingerprint density at radius 3 is 0.661 bits per heavy atom. The van der Waals surface area contributed by atoms with Gasteiger partial charge in [0.1, 0.15) is 89.2 Å². The van der Waals surface area contributed by atoms with E-state index in [4.69, 9.17) is 17.2 Å². The summed E-state index contributed by atoms with van der Waals surface area (Å²) < 4.78 is 0. The summed E-state index contributed by atoms with van der Waals surface area (Å²) in [6.07, 6.45) is -4.84. The summed E-state index contributed by atoms with van der Waals surface area (Å²) in [4.78, 5) is 192. The topological polar surface area (TPSA) is 599 Å². The molecular formula is C74H95N13O22. The van der Waals surface area contributed by atoms with Crippen LogP contribution < -0.4 is 70.4 Å². The molecule has 0 aliphatic carbocycles. The first-order valence-corrected chi connectivity index (χ1v) is 35.0. The number of amides is 11. The molecule has 0 aliphatic heterocycles. The fourth-order valence-corrected chi connectivity index (χ4v) is 11.2. The maximum atomic E-state index is 15.0. The third kappa shape index (κ3) is 31.7. The van der Waals surface area contributed by atoms with Crippen molar-refractivity contribution in [1.82, 2.24) is 53.2 Å². The first-order valence-electron chi connectivity index (χ1n) is 35.0. The number of primary amides is 1. The number of aromatic hydroxyl groups is 5. The minimum absolute atomic E-state index is 0.0554. The summed E-state index contributed by atoms with van der Waals surface area (Å²) in [5, 5.41) is 105. The fourth-order valence-electron chi connectivity index (χ4n) is 11.2. The Balaban J connectivity index is 1.49. The number of rotatable bonds is 47. The highest BCUT2D eigenvalue weighted by Gasteiger charge is 2.37. The van der Waals surface area contributed by atoms with Crippen LogP contribution in [0.4, 0.5) is 0 Å². The third-order valence-electron chi connectivity index (χ3n) is 17.1. The van der Waals surface area contributed by atoms with E-state index < -0.39 is 195 Å². The van der Waals surface area contributed by atoms with Crippen LogP contribution in [0.1, 0.15) is 112 Å². The molecule has 10 atom stereocenters. The van der Waals surface area contributed by atoms with Gasteiger partial charge in [0.25, 0.3) is 0 Å². The SMILES string of the molecule is CC(=O)N[C@@H](CCC(=O)O)C(=O)N[C@@H](Cc1ccc(O)cc1)C(=O)N[C@@H](CCC(=O)O)C(=O)N[C@@H](Cc1ccc(O)cc1)C(=O)N[C@@H](CCCCN)C(=O)N[C@@H](Cc1ccc(O)cc1)C(=O)N[C@@H](CCC(=O)O)C(=O)N[C@@H](Cc1ccc(O)cc1)C(=O)N[C@@H](CCCCN)C(=O)N[C@@H](Cc1ccc(O)cc1)C(N)=O. The molecule has 35 heteroatoms. The van der Waals surface area contributed by atoms with E-state index in [1.54, 1.807) is 0 Å². The quantitative estimate of drug-likeness (QED) is 0.0206. The molecule has 5 rings (SSSR count). The zero-order chi connectivity index (χ0) is 80.3. The van der Waals surface area contributed by atoms with Gasteiger partial charge in [0.05, 0.1) is 0 Å². The van der Waals surface area contributed by atoms with Crippen LogP contribution in [0.3, 0.4) is 0 Å². The van der Waals surface area contributed by atoms with Crippen molar-refractivity contribution in [1.29, 1.82) is 0 Å². The van der Waals surface area contributed by atoms with Crippen molar-refractivity contribution in [2.45, 2.75) is 176 Å². The van der Waals surface area contributed by atoms with Gasteiger partial charge in [-0.25, -0.2) is 0 Å². The average Bonchev–Trinajstić information content (AvgIpc) is 0.845. The number of phenols is 5. The smallest absolute Gasteiger partial charge is 0.303 e. The second-order valence-corrected chi connectivity index (χ2v) is 25.9. The van der Waals surface area contributed by atoms with E-state index in [9.17, 15) is 108 Å². The maximum absolute atomic E-state index is 15.0. The van der Waals surface area contributed by atoms with E-state index in [0.717, 1.165) is 6.92 Å². The Morgan fingerprint density at radius 1 is 0.275 bits per heavy atom. The van der Waals surface area contributed by atoms with Crippen LogP contribution in [0, 0.1) is 0 Å². The van der Waals surface area contributed by atoms with Gasteiger partial charge in [-0.2, -0.15) is 0 Å². The Kier molecular flexibility index (Phi) is 35.6. The Morgan fingerprint density at radius 2 is 0.459 bits per heavy atom. The lowest BCUT2D eigenvalue weighted by Gasteiger charge is -2.28. The predicted molar refractivity (Wildman–Crippen MR) is 390 cm³/mol. The van der Waals surface area contributed by atoms with Gasteiger partial charge in [-0.15, -0.1) is 0 Å². The Labute approximate surface area is 626 Å². The van der Waals surface area contributed by atoms with E-state index in [-0.39, 0.29) is 104 Å². The van der Waals surface area contributed by atoms with E-state index >= 15 is 0 Å². The average molecular weight is 1520 g/mol. The standard InChI is InChI=1S/C74H95N13O22/c1-41(88)78-54(28-31-62(94)95)68(103)85-61(40-46-16-26-51(93)27-17-46)74(109)82-56(30-33-64(98)99)70(105)87-59(38-44-12-22-49(91)23-13-44)72(107)80-53(7-3-5-35-76)67(102)84-60(39-45-14-24-50(92)25-15-45)73(108)81-55(29-32-63(96)97)69(104)86-58(37-43-10-20-48(90)21-11-43)71(106)79-52(6-2-4-34-75)66(101)83-57(65(77)100)36-42-8-18-47(89)19-9-42/h8-27,52-61,89-93H,2-7,28-40,75-76H2,1H3,(H2,77,100)(H,78,88)(H,79,106)(H,80,107)(H,81,108)(H,82,109)(H,83,101)(H,84,102)(H,85,103)(H,86,104)(H,87,105)(H,94,95)(H,96,97)(H,98,99)/t52-,53-,54-,55-,56-,57-,58-,59-,60-,61-/m0/s1. The first-order chi connectivity index (χ1) is 51.8.